The molecule has 0 saturated heterocycles. The highest BCUT2D eigenvalue weighted by Gasteiger charge is 2.29. The Hall–Kier alpha value is -2.70. The number of halogens is 3. The van der Waals surface area contributed by atoms with Crippen molar-refractivity contribution in [2.45, 2.75) is 45.4 Å². The maximum atomic E-state index is 13.3. The molecule has 0 saturated carbocycles. The Labute approximate surface area is 165 Å². The first-order valence-electron chi connectivity index (χ1n) is 8.40. The average Bonchev–Trinajstić information content (AvgIpc) is 2.64. The number of hydrogen-bond acceptors (Lipinski definition) is 7. The molecule has 166 valence electrons. The first kappa shape index (κ1) is 23.6. The fourth-order valence-electron chi connectivity index (χ4n) is 2.41. The van der Waals surface area contributed by atoms with Crippen LogP contribution in [0, 0.1) is 10.1 Å². The van der Waals surface area contributed by atoms with Gasteiger partial charge in [0.1, 0.15) is 6.29 Å². The van der Waals surface area contributed by atoms with Crippen molar-refractivity contribution in [1.29, 1.82) is 0 Å². The number of nitrogens with zero attached hydrogens (tertiary/aromatic N) is 2. The van der Waals surface area contributed by atoms with Gasteiger partial charge in [0.25, 0.3) is 6.36 Å². The summed E-state index contributed by atoms with van der Waals surface area (Å²) in [6, 6.07) is 1.29. The van der Waals surface area contributed by atoms with Gasteiger partial charge in [0.15, 0.2) is 0 Å². The minimum absolute atomic E-state index is 0.352. The van der Waals surface area contributed by atoms with E-state index in [4.69, 9.17) is 4.52 Å². The van der Waals surface area contributed by atoms with Crippen LogP contribution in [0.5, 0.6) is 5.75 Å². The van der Waals surface area contributed by atoms with Gasteiger partial charge in [-0.2, -0.15) is 4.39 Å². The molecule has 30 heavy (non-hydrogen) atoms. The Bertz CT molecular complexity index is 1120. The summed E-state index contributed by atoms with van der Waals surface area (Å²) in [6.07, 6.45) is -8.20. The lowest BCUT2D eigenvalue weighted by Gasteiger charge is -2.19. The van der Waals surface area contributed by atoms with E-state index in [1.807, 2.05) is 4.98 Å². The monoisotopic (exact) mass is 455 g/mol. The van der Waals surface area contributed by atoms with Crippen LogP contribution < -0.4 is 15.9 Å². The quantitative estimate of drug-likeness (QED) is 0.253. The molecule has 0 amide bonds. The number of benzene rings is 1. The third-order valence-corrected chi connectivity index (χ3v) is 5.26. The van der Waals surface area contributed by atoms with E-state index in [1.54, 1.807) is 6.92 Å². The first-order chi connectivity index (χ1) is 13.9. The second-order valence-corrected chi connectivity index (χ2v) is 7.96. The Balaban J connectivity index is 2.71. The van der Waals surface area contributed by atoms with E-state index in [9.17, 15) is 42.3 Å². The molecule has 15 heteroatoms. The minimum Gasteiger partial charge on any atom is -0.447 e. The highest BCUT2D eigenvalue weighted by Crippen LogP contribution is 2.46. The number of nitro benzene ring substituents is 1. The highest BCUT2D eigenvalue weighted by molar-refractivity contribution is 7.51. The summed E-state index contributed by atoms with van der Waals surface area (Å²) in [5.74, 6) is -0.976. The maximum Gasteiger partial charge on any atom is 0.348 e. The van der Waals surface area contributed by atoms with Crippen LogP contribution in [0.15, 0.2) is 21.7 Å². The third kappa shape index (κ3) is 5.26. The van der Waals surface area contributed by atoms with E-state index >= 15 is 0 Å². The summed E-state index contributed by atoms with van der Waals surface area (Å²) in [5.41, 5.74) is -4.33. The molecule has 0 bridgehead atoms. The summed E-state index contributed by atoms with van der Waals surface area (Å²) < 4.78 is 60.4. The molecule has 0 spiro atoms. The largest absolute Gasteiger partial charge is 0.447 e. The van der Waals surface area contributed by atoms with Crippen LogP contribution in [0.2, 0.25) is 0 Å². The molecule has 0 aliphatic heterocycles. The van der Waals surface area contributed by atoms with E-state index in [0.717, 1.165) is 0 Å². The van der Waals surface area contributed by atoms with Gasteiger partial charge in [-0.1, -0.05) is 6.92 Å². The van der Waals surface area contributed by atoms with Gasteiger partial charge >= 0.3 is 30.8 Å². The number of ether oxygens (including phenoxy) is 1. The Morgan fingerprint density at radius 3 is 2.50 bits per heavy atom. The SMILES string of the molecule is CCC(C)OP(=O)(O)Cn1c(=O)c(=O)[nH]c2cc([N+](=O)[O-])c(OC(F)C(F)F)cc21. The summed E-state index contributed by atoms with van der Waals surface area (Å²) in [4.78, 5) is 46.3. The van der Waals surface area contributed by atoms with E-state index in [2.05, 4.69) is 4.74 Å². The van der Waals surface area contributed by atoms with Crippen LogP contribution in [0.4, 0.5) is 18.9 Å². The highest BCUT2D eigenvalue weighted by atomic mass is 31.2. The van der Waals surface area contributed by atoms with Gasteiger partial charge in [-0.15, -0.1) is 0 Å². The zero-order valence-corrected chi connectivity index (χ0v) is 16.5. The molecule has 2 rings (SSSR count). The van der Waals surface area contributed by atoms with Gasteiger partial charge < -0.3 is 19.1 Å². The molecule has 3 unspecified atom stereocenters. The van der Waals surface area contributed by atoms with Crippen LogP contribution in [0.1, 0.15) is 20.3 Å². The Kier molecular flexibility index (Phi) is 7.06. The molecule has 3 atom stereocenters. The lowest BCUT2D eigenvalue weighted by atomic mass is 10.2. The van der Waals surface area contributed by atoms with Crippen LogP contribution in [0.25, 0.3) is 11.0 Å². The fraction of sp³-hybridized carbons (Fsp3) is 0.467. The van der Waals surface area contributed by atoms with Crippen molar-refractivity contribution in [2.24, 2.45) is 0 Å². The van der Waals surface area contributed by atoms with Crippen LogP contribution >= 0.6 is 7.60 Å². The molecule has 1 aromatic heterocycles. The second-order valence-electron chi connectivity index (χ2n) is 6.19. The van der Waals surface area contributed by atoms with Crippen molar-refractivity contribution >= 4 is 24.3 Å². The Morgan fingerprint density at radius 1 is 1.33 bits per heavy atom. The molecule has 1 aromatic carbocycles. The molecular formula is C15H17F3N3O8P. The smallest absolute Gasteiger partial charge is 0.348 e. The first-order valence-corrected chi connectivity index (χ1v) is 10.2. The number of nitro groups is 1. The van der Waals surface area contributed by atoms with Crippen LogP contribution in [-0.2, 0) is 15.4 Å². The van der Waals surface area contributed by atoms with Crippen LogP contribution in [-0.4, -0.2) is 38.3 Å². The summed E-state index contributed by atoms with van der Waals surface area (Å²) in [6.45, 7) is 3.15. The van der Waals surface area contributed by atoms with E-state index in [1.165, 1.54) is 6.92 Å². The normalized spacial score (nSPS) is 15.7. The average molecular weight is 455 g/mol. The summed E-state index contributed by atoms with van der Waals surface area (Å²) in [7, 11) is -4.49. The maximum absolute atomic E-state index is 13.3. The fourth-order valence-corrected chi connectivity index (χ4v) is 3.82. The number of fused-ring (bicyclic) bond motifs is 1. The van der Waals surface area contributed by atoms with Crippen molar-refractivity contribution in [3.05, 3.63) is 43.0 Å². The van der Waals surface area contributed by atoms with Gasteiger partial charge in [-0.05, 0) is 13.3 Å². The van der Waals surface area contributed by atoms with Crippen molar-refractivity contribution in [1.82, 2.24) is 9.55 Å². The van der Waals surface area contributed by atoms with Gasteiger partial charge in [-0.25, -0.2) is 8.78 Å². The molecular weight excluding hydrogens is 438 g/mol. The molecule has 1 heterocycles. The standard InChI is InChI=1S/C15H17F3N3O8P/c1-3-7(2)29-30(26,27)6-20-9-5-11(28-13(18)12(16)17)10(21(24)25)4-8(9)19-14(22)15(20)23/h4-5,7,12-13H,3,6H2,1-2H3,(H,19,22)(H,26,27). The lowest BCUT2D eigenvalue weighted by Crippen LogP contribution is -2.36. The van der Waals surface area contributed by atoms with E-state index < -0.39 is 65.8 Å². The molecule has 11 nitrogen and oxygen atoms in total. The number of aromatic amines is 1. The van der Waals surface area contributed by atoms with E-state index in [-0.39, 0.29) is 5.52 Å². The van der Waals surface area contributed by atoms with E-state index in [0.29, 0.717) is 23.1 Å². The molecule has 0 radical (unpaired) electrons. The van der Waals surface area contributed by atoms with Gasteiger partial charge in [0, 0.05) is 12.1 Å². The van der Waals surface area contributed by atoms with Crippen molar-refractivity contribution < 1.29 is 36.8 Å². The number of hydrogen-bond donors (Lipinski definition) is 2. The zero-order chi connectivity index (χ0) is 22.8. The van der Waals surface area contributed by atoms with Crippen molar-refractivity contribution in [2.75, 3.05) is 0 Å². The number of H-pyrrole nitrogens is 1. The number of nitrogens with one attached hydrogen (secondary N) is 1. The molecule has 0 fully saturated rings. The summed E-state index contributed by atoms with van der Waals surface area (Å²) >= 11 is 0. The second kappa shape index (κ2) is 8.98. The molecule has 0 aliphatic carbocycles. The van der Waals surface area contributed by atoms with Gasteiger partial charge in [0.2, 0.25) is 5.75 Å². The zero-order valence-electron chi connectivity index (χ0n) is 15.6. The number of rotatable bonds is 9. The number of alkyl halides is 3. The topological polar surface area (TPSA) is 154 Å². The van der Waals surface area contributed by atoms with Gasteiger partial charge in [-0.3, -0.25) is 28.8 Å². The molecule has 2 N–H and O–H groups in total. The predicted molar refractivity (Wildman–Crippen MR) is 97.7 cm³/mol. The third-order valence-electron chi connectivity index (χ3n) is 3.93. The van der Waals surface area contributed by atoms with Crippen LogP contribution in [0.3, 0.4) is 0 Å². The minimum atomic E-state index is -4.49. The molecule has 2 aromatic rings. The van der Waals surface area contributed by atoms with Crippen molar-refractivity contribution in [3.8, 4) is 5.75 Å². The van der Waals surface area contributed by atoms with Gasteiger partial charge in [0.05, 0.1) is 22.1 Å². The molecule has 0 aliphatic rings. The van der Waals surface area contributed by atoms with Crippen molar-refractivity contribution in [3.63, 3.8) is 0 Å². The predicted octanol–water partition coefficient (Wildman–Crippen LogP) is 2.50. The summed E-state index contributed by atoms with van der Waals surface area (Å²) in [5, 5.41) is 11.2. The lowest BCUT2D eigenvalue weighted by molar-refractivity contribution is -0.386. The Morgan fingerprint density at radius 2 is 1.97 bits per heavy atom. The number of aromatic nitrogens is 2.